The second kappa shape index (κ2) is 5.34. The minimum absolute atomic E-state index is 0.230. The number of hydrogen-bond acceptors (Lipinski definition) is 3. The van der Waals surface area contributed by atoms with E-state index in [1.54, 1.807) is 6.20 Å². The molecule has 1 aliphatic heterocycles. The minimum atomic E-state index is 0.230. The zero-order valence-corrected chi connectivity index (χ0v) is 11.4. The highest BCUT2D eigenvalue weighted by Gasteiger charge is 2.26. The summed E-state index contributed by atoms with van der Waals surface area (Å²) in [5.74, 6) is 0.964. The lowest BCUT2D eigenvalue weighted by Crippen LogP contribution is -2.49. The first kappa shape index (κ1) is 12.1. The van der Waals surface area contributed by atoms with Gasteiger partial charge in [-0.2, -0.15) is 0 Å². The Morgan fingerprint density at radius 2 is 2.44 bits per heavy atom. The first-order valence-corrected chi connectivity index (χ1v) is 6.76. The molecule has 1 aliphatic rings. The fourth-order valence-corrected chi connectivity index (χ4v) is 2.27. The van der Waals surface area contributed by atoms with Crippen LogP contribution in [0.1, 0.15) is 6.92 Å². The first-order chi connectivity index (χ1) is 7.70. The number of pyridine rings is 1. The predicted molar refractivity (Wildman–Crippen MR) is 69.6 cm³/mol. The molecular weight excluding hydrogens is 291 g/mol. The van der Waals surface area contributed by atoms with Gasteiger partial charge >= 0.3 is 0 Å². The van der Waals surface area contributed by atoms with Crippen molar-refractivity contribution in [3.63, 3.8) is 0 Å². The third-order valence-corrected chi connectivity index (χ3v) is 3.63. The van der Waals surface area contributed by atoms with Crippen molar-refractivity contribution in [2.45, 2.75) is 19.1 Å². The van der Waals surface area contributed by atoms with Gasteiger partial charge < -0.3 is 9.64 Å². The van der Waals surface area contributed by atoms with Crippen LogP contribution in [0.3, 0.4) is 0 Å². The molecule has 0 radical (unpaired) electrons. The van der Waals surface area contributed by atoms with E-state index in [1.165, 1.54) is 0 Å². The van der Waals surface area contributed by atoms with Gasteiger partial charge in [-0.05, 0) is 19.1 Å². The Balaban J connectivity index is 2.14. The molecule has 2 heterocycles. The molecule has 0 amide bonds. The molecule has 88 valence electrons. The fraction of sp³-hybridized carbons (Fsp3) is 0.545. The summed E-state index contributed by atoms with van der Waals surface area (Å²) in [5, 5.41) is 1.52. The second-order valence-corrected chi connectivity index (χ2v) is 5.03. The molecule has 1 aromatic rings. The number of anilines is 1. The third-order valence-electron chi connectivity index (χ3n) is 2.68. The highest BCUT2D eigenvalue weighted by atomic mass is 79.9. The number of halogens is 2. The van der Waals surface area contributed by atoms with Crippen molar-refractivity contribution in [3.8, 4) is 0 Å². The van der Waals surface area contributed by atoms with E-state index in [4.69, 9.17) is 16.3 Å². The van der Waals surface area contributed by atoms with E-state index >= 15 is 0 Å². The molecular formula is C11H14BrClN2O. The molecule has 0 bridgehead atoms. The standard InChI is InChI=1S/C11H14BrClN2O/c1-8-7-16-10(4-12)6-15(8)11-3-2-9(13)5-14-11/h2-3,5,8,10H,4,6-7H2,1H3. The van der Waals surface area contributed by atoms with E-state index in [2.05, 4.69) is 32.7 Å². The van der Waals surface area contributed by atoms with Crippen molar-refractivity contribution in [3.05, 3.63) is 23.4 Å². The van der Waals surface area contributed by atoms with Crippen LogP contribution in [0.25, 0.3) is 0 Å². The lowest BCUT2D eigenvalue weighted by molar-refractivity contribution is 0.0376. The van der Waals surface area contributed by atoms with Crippen molar-refractivity contribution < 1.29 is 4.74 Å². The van der Waals surface area contributed by atoms with Gasteiger partial charge in [0, 0.05) is 18.1 Å². The Kier molecular flexibility index (Phi) is 4.05. The van der Waals surface area contributed by atoms with Crippen LogP contribution >= 0.6 is 27.5 Å². The number of nitrogens with zero attached hydrogens (tertiary/aromatic N) is 2. The normalized spacial score (nSPS) is 25.8. The number of morpholine rings is 1. The van der Waals surface area contributed by atoms with Gasteiger partial charge in [0.2, 0.25) is 0 Å². The van der Waals surface area contributed by atoms with Crippen molar-refractivity contribution in [1.82, 2.24) is 4.98 Å². The smallest absolute Gasteiger partial charge is 0.128 e. The quantitative estimate of drug-likeness (QED) is 0.786. The maximum absolute atomic E-state index is 5.83. The van der Waals surface area contributed by atoms with Crippen molar-refractivity contribution in [1.29, 1.82) is 0 Å². The van der Waals surface area contributed by atoms with Gasteiger partial charge in [-0.3, -0.25) is 0 Å². The topological polar surface area (TPSA) is 25.4 Å². The van der Waals surface area contributed by atoms with Crippen molar-refractivity contribution >= 4 is 33.3 Å². The first-order valence-electron chi connectivity index (χ1n) is 5.26. The van der Waals surface area contributed by atoms with E-state index in [-0.39, 0.29) is 6.10 Å². The van der Waals surface area contributed by atoms with Crippen molar-refractivity contribution in [2.75, 3.05) is 23.4 Å². The van der Waals surface area contributed by atoms with Crippen molar-refractivity contribution in [2.24, 2.45) is 0 Å². The number of rotatable bonds is 2. The molecule has 0 aromatic carbocycles. The Morgan fingerprint density at radius 3 is 3.06 bits per heavy atom. The minimum Gasteiger partial charge on any atom is -0.373 e. The molecule has 3 nitrogen and oxygen atoms in total. The van der Waals surface area contributed by atoms with Crippen LogP contribution in [-0.4, -0.2) is 35.6 Å². The van der Waals surface area contributed by atoms with Crippen LogP contribution < -0.4 is 4.90 Å². The van der Waals surface area contributed by atoms with Crippen LogP contribution in [-0.2, 0) is 4.74 Å². The summed E-state index contributed by atoms with van der Waals surface area (Å²) in [5.41, 5.74) is 0. The fourth-order valence-electron chi connectivity index (χ4n) is 1.77. The monoisotopic (exact) mass is 304 g/mol. The molecule has 1 fully saturated rings. The largest absolute Gasteiger partial charge is 0.373 e. The van der Waals surface area contributed by atoms with E-state index < -0.39 is 0 Å². The third kappa shape index (κ3) is 2.67. The second-order valence-electron chi connectivity index (χ2n) is 3.95. The molecule has 2 unspecified atom stereocenters. The van der Waals surface area contributed by atoms with Gasteiger partial charge in [0.25, 0.3) is 0 Å². The highest BCUT2D eigenvalue weighted by molar-refractivity contribution is 9.09. The molecule has 0 N–H and O–H groups in total. The Morgan fingerprint density at radius 1 is 1.62 bits per heavy atom. The van der Waals surface area contributed by atoms with E-state index in [0.29, 0.717) is 11.1 Å². The van der Waals surface area contributed by atoms with Gasteiger partial charge in [0.15, 0.2) is 0 Å². The number of aromatic nitrogens is 1. The summed E-state index contributed by atoms with van der Waals surface area (Å²) < 4.78 is 5.67. The van der Waals surface area contributed by atoms with Crippen LogP contribution in [0.2, 0.25) is 5.02 Å². The average molecular weight is 306 g/mol. The predicted octanol–water partition coefficient (Wildman–Crippen LogP) is 2.72. The summed E-state index contributed by atoms with van der Waals surface area (Å²) in [6.45, 7) is 3.74. The highest BCUT2D eigenvalue weighted by Crippen LogP contribution is 2.21. The van der Waals surface area contributed by atoms with E-state index in [9.17, 15) is 0 Å². The number of ether oxygens (including phenoxy) is 1. The van der Waals surface area contributed by atoms with Crippen LogP contribution in [0, 0.1) is 0 Å². The zero-order valence-electron chi connectivity index (χ0n) is 9.07. The maximum Gasteiger partial charge on any atom is 0.128 e. The zero-order chi connectivity index (χ0) is 11.5. The lowest BCUT2D eigenvalue weighted by Gasteiger charge is -2.38. The Bertz CT molecular complexity index is 346. The van der Waals surface area contributed by atoms with Gasteiger partial charge in [-0.1, -0.05) is 27.5 Å². The molecule has 16 heavy (non-hydrogen) atoms. The summed E-state index contributed by atoms with van der Waals surface area (Å²) in [6, 6.07) is 4.17. The molecule has 1 aromatic heterocycles. The molecule has 0 aliphatic carbocycles. The van der Waals surface area contributed by atoms with Gasteiger partial charge in [-0.25, -0.2) is 4.98 Å². The average Bonchev–Trinajstić information content (AvgIpc) is 2.31. The Labute approximate surface area is 109 Å². The summed E-state index contributed by atoms with van der Waals surface area (Å²) >= 11 is 9.28. The molecule has 2 atom stereocenters. The maximum atomic E-state index is 5.83. The van der Waals surface area contributed by atoms with E-state index in [0.717, 1.165) is 24.3 Å². The summed E-state index contributed by atoms with van der Waals surface area (Å²) in [7, 11) is 0. The van der Waals surface area contributed by atoms with Crippen LogP contribution in [0.15, 0.2) is 18.3 Å². The molecule has 0 saturated carbocycles. The lowest BCUT2D eigenvalue weighted by atomic mass is 10.2. The van der Waals surface area contributed by atoms with Crippen LogP contribution in [0.4, 0.5) is 5.82 Å². The summed E-state index contributed by atoms with van der Waals surface area (Å²) in [6.07, 6.45) is 1.91. The number of alkyl halides is 1. The van der Waals surface area contributed by atoms with Gasteiger partial charge in [0.1, 0.15) is 5.82 Å². The van der Waals surface area contributed by atoms with E-state index in [1.807, 2.05) is 12.1 Å². The Hall–Kier alpha value is -0.320. The summed E-state index contributed by atoms with van der Waals surface area (Å²) in [4.78, 5) is 6.60. The molecule has 0 spiro atoms. The molecule has 1 saturated heterocycles. The molecule has 2 rings (SSSR count). The number of hydrogen-bond donors (Lipinski definition) is 0. The van der Waals surface area contributed by atoms with Gasteiger partial charge in [0.05, 0.1) is 23.8 Å². The molecule has 5 heteroatoms. The SMILES string of the molecule is CC1COC(CBr)CN1c1ccc(Cl)cn1. The van der Waals surface area contributed by atoms with Gasteiger partial charge in [-0.15, -0.1) is 0 Å². The van der Waals surface area contributed by atoms with Crippen LogP contribution in [0.5, 0.6) is 0 Å².